The van der Waals surface area contributed by atoms with E-state index in [-0.39, 0.29) is 0 Å². The van der Waals surface area contributed by atoms with Crippen molar-refractivity contribution >= 4 is 0 Å². The normalized spacial score (nSPS) is 98.7. The summed E-state index contributed by atoms with van der Waals surface area (Å²) in [6.07, 6.45) is 4.99. The van der Waals surface area contributed by atoms with E-state index in [0.717, 1.165) is 10.8 Å². The van der Waals surface area contributed by atoms with Crippen LogP contribution in [0.2, 0.25) is 0 Å². The third-order valence-corrected chi connectivity index (χ3v) is 5.46. The van der Waals surface area contributed by atoms with Gasteiger partial charge in [0.05, 0.1) is 0 Å². The maximum absolute atomic E-state index is 1.68. The first-order chi connectivity index (χ1) is 4.41. The fraction of sp³-hybridized carbons (Fsp3) is 1.00. The van der Waals surface area contributed by atoms with Crippen molar-refractivity contribution in [2.75, 3.05) is 0 Å². The van der Waals surface area contributed by atoms with E-state index in [2.05, 4.69) is 0 Å². The minimum absolute atomic E-state index is 1.09. The Hall–Kier alpha value is 0. The van der Waals surface area contributed by atoms with E-state index in [1.807, 2.05) is 0 Å². The molecule has 2 spiro atoms. The van der Waals surface area contributed by atoms with Crippen molar-refractivity contribution in [1.29, 1.82) is 0 Å². The van der Waals surface area contributed by atoms with Crippen molar-refractivity contribution < 1.29 is 0 Å². The lowest BCUT2D eigenvalue weighted by Gasteiger charge is -2.35. The molecule has 4 unspecified atom stereocenters. The van der Waals surface area contributed by atoms with Gasteiger partial charge in [0, 0.05) is 0 Å². The molecule has 0 radical (unpaired) electrons. The molecular formula is C9H10. The molecular weight excluding hydrogens is 108 g/mol. The fourth-order valence-corrected chi connectivity index (χ4v) is 4.85. The summed E-state index contributed by atoms with van der Waals surface area (Å²) in [7, 11) is 0. The predicted octanol–water partition coefficient (Wildman–Crippen LogP) is 1.66. The molecule has 4 atom stereocenters. The maximum Gasteiger partial charge on any atom is -0.0159 e. The predicted molar refractivity (Wildman–Crippen MR) is 32.7 cm³/mol. The molecule has 6 aliphatic carbocycles. The minimum atomic E-state index is 1.09. The van der Waals surface area contributed by atoms with Crippen LogP contribution in [0, 0.1) is 34.5 Å². The van der Waals surface area contributed by atoms with Gasteiger partial charge in [-0.15, -0.1) is 0 Å². The first kappa shape index (κ1) is 3.41. The molecule has 0 heteroatoms. The molecule has 0 saturated heterocycles. The Bertz CT molecular complexity index is 241. The summed E-state index contributed by atoms with van der Waals surface area (Å²) in [6, 6.07) is 0. The standard InChI is InChI=1S/C9H10/c1-4-2-6-8-3-9(6,8)7(8)5(1)4/h4-7H,1-3H2. The summed E-state index contributed by atoms with van der Waals surface area (Å²) in [5, 5.41) is 0. The highest BCUT2D eigenvalue weighted by Gasteiger charge is 3.13. The van der Waals surface area contributed by atoms with Crippen LogP contribution in [0.3, 0.4) is 0 Å². The van der Waals surface area contributed by atoms with Crippen molar-refractivity contribution in [2.24, 2.45) is 34.5 Å². The Morgan fingerprint density at radius 2 is 2.00 bits per heavy atom. The van der Waals surface area contributed by atoms with Crippen molar-refractivity contribution in [3.05, 3.63) is 0 Å². The van der Waals surface area contributed by atoms with Gasteiger partial charge in [0.25, 0.3) is 0 Å². The lowest BCUT2D eigenvalue weighted by molar-refractivity contribution is 0.129. The van der Waals surface area contributed by atoms with E-state index in [0.29, 0.717) is 0 Å². The van der Waals surface area contributed by atoms with E-state index < -0.39 is 0 Å². The van der Waals surface area contributed by atoms with Crippen LogP contribution in [0.1, 0.15) is 19.3 Å². The maximum atomic E-state index is 1.68. The van der Waals surface area contributed by atoms with Crippen LogP contribution in [-0.2, 0) is 0 Å². The Morgan fingerprint density at radius 1 is 1.11 bits per heavy atom. The Labute approximate surface area is 54.6 Å². The summed E-state index contributed by atoms with van der Waals surface area (Å²) in [4.78, 5) is 0. The zero-order valence-electron chi connectivity index (χ0n) is 5.43. The van der Waals surface area contributed by atoms with Gasteiger partial charge in [-0.2, -0.15) is 0 Å². The van der Waals surface area contributed by atoms with Crippen molar-refractivity contribution in [1.82, 2.24) is 0 Å². The summed E-state index contributed by atoms with van der Waals surface area (Å²) in [5.41, 5.74) is 2.18. The molecule has 0 nitrogen and oxygen atoms in total. The van der Waals surface area contributed by atoms with Crippen molar-refractivity contribution in [3.63, 3.8) is 0 Å². The van der Waals surface area contributed by atoms with Gasteiger partial charge in [-0.05, 0) is 53.8 Å². The third-order valence-electron chi connectivity index (χ3n) is 5.46. The molecule has 2 bridgehead atoms. The molecule has 9 heavy (non-hydrogen) atoms. The average molecular weight is 118 g/mol. The smallest absolute Gasteiger partial charge is 0.0159 e. The summed E-state index contributed by atoms with van der Waals surface area (Å²) in [5.74, 6) is 5.17. The molecule has 0 aliphatic heterocycles. The zero-order valence-corrected chi connectivity index (χ0v) is 5.43. The second kappa shape index (κ2) is 0.538. The van der Waals surface area contributed by atoms with E-state index in [1.54, 1.807) is 19.3 Å². The van der Waals surface area contributed by atoms with Gasteiger partial charge in [-0.3, -0.25) is 0 Å². The van der Waals surface area contributed by atoms with Gasteiger partial charge in [-0.1, -0.05) is 0 Å². The molecule has 6 aliphatic rings. The zero-order chi connectivity index (χ0) is 5.43. The van der Waals surface area contributed by atoms with E-state index >= 15 is 0 Å². The molecule has 0 aromatic heterocycles. The highest BCUT2D eigenvalue weighted by atomic mass is 15.2. The van der Waals surface area contributed by atoms with E-state index in [4.69, 9.17) is 0 Å². The van der Waals surface area contributed by atoms with Crippen LogP contribution in [0.15, 0.2) is 0 Å². The lowest BCUT2D eigenvalue weighted by atomic mass is 9.69. The highest BCUT2D eigenvalue weighted by molar-refractivity contribution is 5.59. The van der Waals surface area contributed by atoms with Gasteiger partial charge in [0.15, 0.2) is 0 Å². The van der Waals surface area contributed by atoms with E-state index in [1.165, 1.54) is 23.7 Å². The molecule has 0 aromatic rings. The Kier molecular flexibility index (Phi) is 0.204. The topological polar surface area (TPSA) is 0 Å². The van der Waals surface area contributed by atoms with Crippen molar-refractivity contribution in [2.45, 2.75) is 19.3 Å². The molecule has 6 rings (SSSR count). The van der Waals surface area contributed by atoms with Crippen LogP contribution in [-0.4, -0.2) is 0 Å². The van der Waals surface area contributed by atoms with Crippen LogP contribution in [0.5, 0.6) is 0 Å². The SMILES string of the molecule is C1C2CC3C45CC34C5C12. The summed E-state index contributed by atoms with van der Waals surface area (Å²) < 4.78 is 0. The van der Waals surface area contributed by atoms with E-state index in [9.17, 15) is 0 Å². The number of hydrogen-bond acceptors (Lipinski definition) is 0. The van der Waals surface area contributed by atoms with Gasteiger partial charge >= 0.3 is 0 Å². The number of rotatable bonds is 0. The van der Waals surface area contributed by atoms with Gasteiger partial charge in [0.2, 0.25) is 0 Å². The third kappa shape index (κ3) is 0.130. The van der Waals surface area contributed by atoms with Crippen LogP contribution >= 0.6 is 0 Å². The second-order valence-corrected chi connectivity index (χ2v) is 5.18. The average Bonchev–Trinajstić information content (AvgIpc) is 2.61. The molecule has 0 N–H and O–H groups in total. The van der Waals surface area contributed by atoms with Crippen molar-refractivity contribution in [3.8, 4) is 0 Å². The first-order valence-electron chi connectivity index (χ1n) is 4.41. The van der Waals surface area contributed by atoms with Crippen LogP contribution in [0.4, 0.5) is 0 Å². The molecule has 0 aromatic carbocycles. The fourth-order valence-electron chi connectivity index (χ4n) is 4.85. The second-order valence-electron chi connectivity index (χ2n) is 5.18. The van der Waals surface area contributed by atoms with Gasteiger partial charge in [0.1, 0.15) is 0 Å². The molecule has 6 saturated carbocycles. The summed E-state index contributed by atoms with van der Waals surface area (Å²) >= 11 is 0. The Balaban J connectivity index is 1.83. The molecule has 0 amide bonds. The van der Waals surface area contributed by atoms with Crippen LogP contribution in [0.25, 0.3) is 0 Å². The minimum Gasteiger partial charge on any atom is -0.0467 e. The quantitative estimate of drug-likeness (QED) is 0.454. The van der Waals surface area contributed by atoms with Crippen LogP contribution < -0.4 is 0 Å². The molecule has 0 heterocycles. The largest absolute Gasteiger partial charge is 0.0467 e. The lowest BCUT2D eigenvalue weighted by Crippen LogP contribution is -2.29. The first-order valence-corrected chi connectivity index (χ1v) is 4.41. The highest BCUT2D eigenvalue weighted by Crippen LogP contribution is 3.17. The summed E-state index contributed by atoms with van der Waals surface area (Å²) in [6.45, 7) is 0. The number of hydrogen-bond donors (Lipinski definition) is 0. The van der Waals surface area contributed by atoms with Gasteiger partial charge in [-0.25, -0.2) is 0 Å². The monoisotopic (exact) mass is 118 g/mol. The molecule has 6 fully saturated rings. The van der Waals surface area contributed by atoms with Gasteiger partial charge < -0.3 is 0 Å². The Morgan fingerprint density at radius 3 is 2.56 bits per heavy atom. The molecule has 46 valence electrons.